The zero-order valence-electron chi connectivity index (χ0n) is 14.8. The molecular formula is C19H18F3N3O3. The van der Waals surface area contributed by atoms with E-state index in [9.17, 15) is 28.1 Å². The average molecular weight is 393 g/mol. The number of alkyl halides is 3. The van der Waals surface area contributed by atoms with Gasteiger partial charge in [-0.05, 0) is 23.6 Å². The van der Waals surface area contributed by atoms with Crippen LogP contribution in [0.3, 0.4) is 0 Å². The van der Waals surface area contributed by atoms with Gasteiger partial charge in [0, 0.05) is 43.9 Å². The summed E-state index contributed by atoms with van der Waals surface area (Å²) in [4.78, 5) is 23.4. The number of amides is 1. The van der Waals surface area contributed by atoms with Gasteiger partial charge in [-0.2, -0.15) is 13.2 Å². The molecule has 1 fully saturated rings. The molecule has 1 aliphatic heterocycles. The Bertz CT molecular complexity index is 899. The first-order valence-corrected chi connectivity index (χ1v) is 8.69. The molecule has 1 N–H and O–H groups in total. The number of carbonyl (C=O) groups excluding carboxylic acids is 1. The Morgan fingerprint density at radius 3 is 2.54 bits per heavy atom. The maximum Gasteiger partial charge on any atom is 0.418 e. The molecule has 1 aliphatic rings. The Balaban J connectivity index is 1.74. The van der Waals surface area contributed by atoms with E-state index < -0.39 is 22.4 Å². The van der Waals surface area contributed by atoms with Crippen molar-refractivity contribution in [2.24, 2.45) is 0 Å². The molecule has 148 valence electrons. The minimum absolute atomic E-state index is 0.101. The lowest BCUT2D eigenvalue weighted by atomic mass is 10.1. The van der Waals surface area contributed by atoms with E-state index in [1.807, 2.05) is 12.1 Å². The Labute approximate surface area is 159 Å². The van der Waals surface area contributed by atoms with Crippen LogP contribution in [-0.2, 0) is 24.1 Å². The second-order valence-corrected chi connectivity index (χ2v) is 6.58. The van der Waals surface area contributed by atoms with Crippen LogP contribution in [0.1, 0.15) is 29.5 Å². The number of rotatable bonds is 6. The number of halogens is 3. The second-order valence-electron chi connectivity index (χ2n) is 6.58. The Hall–Kier alpha value is -3.10. The van der Waals surface area contributed by atoms with Gasteiger partial charge in [-0.15, -0.1) is 0 Å². The van der Waals surface area contributed by atoms with E-state index in [1.165, 1.54) is 0 Å². The number of hydrogen-bond donors (Lipinski definition) is 1. The number of benzene rings is 2. The largest absolute Gasteiger partial charge is 0.418 e. The first-order chi connectivity index (χ1) is 13.2. The number of nitrogens with one attached hydrogen (secondary N) is 1. The standard InChI is InChI=1S/C19H18F3N3O3/c20-19(21,22)16-10-15(25(27)28)6-7-17(16)23-11-13-3-1-4-14(9-13)12-24-8-2-5-18(24)26/h1,3-4,6-7,9-10,23H,2,5,8,11-12H2. The van der Waals surface area contributed by atoms with Gasteiger partial charge in [0.15, 0.2) is 0 Å². The fourth-order valence-electron chi connectivity index (χ4n) is 3.16. The third kappa shape index (κ3) is 4.59. The summed E-state index contributed by atoms with van der Waals surface area (Å²) in [6.07, 6.45) is -3.34. The molecule has 2 aromatic rings. The van der Waals surface area contributed by atoms with Gasteiger partial charge >= 0.3 is 6.18 Å². The van der Waals surface area contributed by atoms with Crippen molar-refractivity contribution in [2.75, 3.05) is 11.9 Å². The predicted octanol–water partition coefficient (Wildman–Crippen LogP) is 4.35. The van der Waals surface area contributed by atoms with Crippen LogP contribution in [0.5, 0.6) is 0 Å². The van der Waals surface area contributed by atoms with Gasteiger partial charge in [-0.25, -0.2) is 0 Å². The summed E-state index contributed by atoms with van der Waals surface area (Å²) in [5, 5.41) is 13.5. The summed E-state index contributed by atoms with van der Waals surface area (Å²) in [6.45, 7) is 1.29. The smallest absolute Gasteiger partial charge is 0.380 e. The summed E-state index contributed by atoms with van der Waals surface area (Å²) >= 11 is 0. The van der Waals surface area contributed by atoms with E-state index in [0.717, 1.165) is 29.7 Å². The zero-order valence-corrected chi connectivity index (χ0v) is 14.8. The van der Waals surface area contributed by atoms with Crippen molar-refractivity contribution in [3.05, 3.63) is 69.3 Å². The molecular weight excluding hydrogens is 375 g/mol. The number of nitro benzene ring substituents is 1. The molecule has 0 saturated carbocycles. The highest BCUT2D eigenvalue weighted by Gasteiger charge is 2.35. The fraction of sp³-hybridized carbons (Fsp3) is 0.316. The lowest BCUT2D eigenvalue weighted by Crippen LogP contribution is -2.23. The minimum atomic E-state index is -4.72. The van der Waals surface area contributed by atoms with Crippen molar-refractivity contribution in [1.82, 2.24) is 4.90 Å². The monoisotopic (exact) mass is 393 g/mol. The lowest BCUT2D eigenvalue weighted by molar-refractivity contribution is -0.385. The van der Waals surface area contributed by atoms with E-state index in [-0.39, 0.29) is 18.1 Å². The number of anilines is 1. The van der Waals surface area contributed by atoms with Crippen LogP contribution in [0.4, 0.5) is 24.5 Å². The van der Waals surface area contributed by atoms with Crippen LogP contribution in [0, 0.1) is 10.1 Å². The van der Waals surface area contributed by atoms with Crippen LogP contribution in [-0.4, -0.2) is 22.3 Å². The fourth-order valence-corrected chi connectivity index (χ4v) is 3.16. The summed E-state index contributed by atoms with van der Waals surface area (Å²) in [5.74, 6) is 0.101. The Kier molecular flexibility index (Phi) is 5.53. The van der Waals surface area contributed by atoms with E-state index in [0.29, 0.717) is 25.6 Å². The van der Waals surface area contributed by atoms with Gasteiger partial charge in [0.25, 0.3) is 5.69 Å². The number of likely N-dealkylation sites (tertiary alicyclic amines) is 1. The normalized spacial score (nSPS) is 14.4. The molecule has 2 aromatic carbocycles. The molecule has 1 heterocycles. The van der Waals surface area contributed by atoms with Gasteiger partial charge in [-0.3, -0.25) is 14.9 Å². The number of nitrogens with zero attached hydrogens (tertiary/aromatic N) is 2. The van der Waals surface area contributed by atoms with Crippen molar-refractivity contribution >= 4 is 17.3 Å². The Morgan fingerprint density at radius 1 is 1.14 bits per heavy atom. The number of non-ortho nitro benzene ring substituents is 1. The molecule has 6 nitrogen and oxygen atoms in total. The summed E-state index contributed by atoms with van der Waals surface area (Å²) in [7, 11) is 0. The number of hydrogen-bond acceptors (Lipinski definition) is 4. The first kappa shape index (κ1) is 19.7. The molecule has 3 rings (SSSR count). The molecule has 0 aliphatic carbocycles. The molecule has 0 unspecified atom stereocenters. The van der Waals surface area contributed by atoms with Crippen molar-refractivity contribution < 1.29 is 22.9 Å². The first-order valence-electron chi connectivity index (χ1n) is 8.69. The van der Waals surface area contributed by atoms with Gasteiger partial charge in [0.1, 0.15) is 0 Å². The van der Waals surface area contributed by atoms with E-state index in [4.69, 9.17) is 0 Å². The second kappa shape index (κ2) is 7.87. The van der Waals surface area contributed by atoms with Crippen molar-refractivity contribution in [1.29, 1.82) is 0 Å². The Morgan fingerprint density at radius 2 is 1.89 bits per heavy atom. The van der Waals surface area contributed by atoms with Crippen molar-refractivity contribution in [3.8, 4) is 0 Å². The molecule has 0 radical (unpaired) electrons. The molecule has 0 aromatic heterocycles. The molecule has 0 spiro atoms. The third-order valence-electron chi connectivity index (χ3n) is 4.54. The maximum absolute atomic E-state index is 13.2. The van der Waals surface area contributed by atoms with E-state index in [1.54, 1.807) is 17.0 Å². The van der Waals surface area contributed by atoms with Gasteiger partial charge in [0.05, 0.1) is 10.5 Å². The average Bonchev–Trinajstić information content (AvgIpc) is 3.04. The van der Waals surface area contributed by atoms with Crippen LogP contribution >= 0.6 is 0 Å². The van der Waals surface area contributed by atoms with Crippen molar-refractivity contribution in [3.63, 3.8) is 0 Å². The van der Waals surface area contributed by atoms with Crippen LogP contribution in [0.15, 0.2) is 42.5 Å². The van der Waals surface area contributed by atoms with E-state index in [2.05, 4.69) is 5.32 Å². The molecule has 0 atom stereocenters. The van der Waals surface area contributed by atoms with Crippen LogP contribution in [0.25, 0.3) is 0 Å². The highest BCUT2D eigenvalue weighted by molar-refractivity contribution is 5.78. The number of nitro groups is 1. The van der Waals surface area contributed by atoms with Crippen molar-refractivity contribution in [2.45, 2.75) is 32.1 Å². The molecule has 9 heteroatoms. The quantitative estimate of drug-likeness (QED) is 0.585. The van der Waals surface area contributed by atoms with E-state index >= 15 is 0 Å². The van der Waals surface area contributed by atoms with Gasteiger partial charge in [-0.1, -0.05) is 24.3 Å². The third-order valence-corrected chi connectivity index (χ3v) is 4.54. The summed E-state index contributed by atoms with van der Waals surface area (Å²) < 4.78 is 39.7. The van der Waals surface area contributed by atoms with Crippen LogP contribution < -0.4 is 5.32 Å². The summed E-state index contributed by atoms with van der Waals surface area (Å²) in [6, 6.07) is 9.87. The molecule has 1 saturated heterocycles. The number of carbonyl (C=O) groups is 1. The topological polar surface area (TPSA) is 75.5 Å². The zero-order chi connectivity index (χ0) is 20.3. The molecule has 1 amide bonds. The molecule has 28 heavy (non-hydrogen) atoms. The highest BCUT2D eigenvalue weighted by Crippen LogP contribution is 2.37. The van der Waals surface area contributed by atoms with Crippen LogP contribution in [0.2, 0.25) is 0 Å². The SMILES string of the molecule is O=C1CCCN1Cc1cccc(CNc2ccc([N+](=O)[O-])cc2C(F)(F)F)c1. The van der Waals surface area contributed by atoms with Gasteiger partial charge in [0.2, 0.25) is 5.91 Å². The highest BCUT2D eigenvalue weighted by atomic mass is 19.4. The maximum atomic E-state index is 13.2. The predicted molar refractivity (Wildman–Crippen MR) is 96.5 cm³/mol. The molecule has 0 bridgehead atoms. The lowest BCUT2D eigenvalue weighted by Gasteiger charge is -2.17. The minimum Gasteiger partial charge on any atom is -0.380 e. The summed E-state index contributed by atoms with van der Waals surface area (Å²) in [5.41, 5.74) is -0.279. The van der Waals surface area contributed by atoms with Gasteiger partial charge < -0.3 is 10.2 Å².